The van der Waals surface area contributed by atoms with Gasteiger partial charge >= 0.3 is 0 Å². The predicted octanol–water partition coefficient (Wildman–Crippen LogP) is 2.59. The van der Waals surface area contributed by atoms with Crippen molar-refractivity contribution in [3.63, 3.8) is 0 Å². The van der Waals surface area contributed by atoms with Crippen LogP contribution in [0.3, 0.4) is 0 Å². The van der Waals surface area contributed by atoms with Gasteiger partial charge in [-0.25, -0.2) is 4.98 Å². The number of furan rings is 1. The molecule has 1 unspecified atom stereocenters. The summed E-state index contributed by atoms with van der Waals surface area (Å²) in [5.74, 6) is 2.28. The molecule has 5 nitrogen and oxygen atoms in total. The van der Waals surface area contributed by atoms with Crippen molar-refractivity contribution in [3.8, 4) is 0 Å². The van der Waals surface area contributed by atoms with Gasteiger partial charge in [-0.1, -0.05) is 0 Å². The van der Waals surface area contributed by atoms with Crippen molar-refractivity contribution in [2.45, 2.75) is 19.9 Å². The minimum atomic E-state index is 0.0732. The molecule has 0 saturated carbocycles. The molecular formula is C12H16N4O. The Hall–Kier alpha value is -2.04. The minimum absolute atomic E-state index is 0.0732. The van der Waals surface area contributed by atoms with Gasteiger partial charge in [0, 0.05) is 18.8 Å². The van der Waals surface area contributed by atoms with Gasteiger partial charge in [0.2, 0.25) is 5.95 Å². The number of aryl methyl sites for hydroxylation is 1. The molecular weight excluding hydrogens is 216 g/mol. The summed E-state index contributed by atoms with van der Waals surface area (Å²) in [7, 11) is 1.80. The number of aromatic nitrogens is 2. The molecule has 5 heteroatoms. The Labute approximate surface area is 100 Å². The molecule has 2 heterocycles. The average Bonchev–Trinajstić information content (AvgIpc) is 2.81. The second-order valence-corrected chi connectivity index (χ2v) is 3.85. The second-order valence-electron chi connectivity index (χ2n) is 3.85. The maximum Gasteiger partial charge on any atom is 0.224 e. The Morgan fingerprint density at radius 1 is 1.35 bits per heavy atom. The fourth-order valence-electron chi connectivity index (χ4n) is 1.58. The highest BCUT2D eigenvalue weighted by atomic mass is 16.3. The second kappa shape index (κ2) is 4.86. The molecule has 0 bridgehead atoms. The molecule has 90 valence electrons. The van der Waals surface area contributed by atoms with E-state index in [2.05, 4.69) is 20.6 Å². The summed E-state index contributed by atoms with van der Waals surface area (Å²) in [5, 5.41) is 6.21. The summed E-state index contributed by atoms with van der Waals surface area (Å²) in [4.78, 5) is 8.56. The van der Waals surface area contributed by atoms with Crippen LogP contribution in [0.1, 0.15) is 24.4 Å². The number of anilines is 2. The van der Waals surface area contributed by atoms with Gasteiger partial charge in [-0.2, -0.15) is 4.98 Å². The monoisotopic (exact) mass is 232 g/mol. The normalized spacial score (nSPS) is 12.2. The molecule has 2 aromatic heterocycles. The molecule has 17 heavy (non-hydrogen) atoms. The first-order valence-corrected chi connectivity index (χ1v) is 5.52. The molecule has 0 aliphatic carbocycles. The maximum atomic E-state index is 5.33. The lowest BCUT2D eigenvalue weighted by molar-refractivity contribution is 0.490. The van der Waals surface area contributed by atoms with Crippen molar-refractivity contribution in [2.24, 2.45) is 0 Å². The van der Waals surface area contributed by atoms with Gasteiger partial charge in [0.15, 0.2) is 0 Å². The molecule has 2 rings (SSSR count). The molecule has 2 aromatic rings. The highest BCUT2D eigenvalue weighted by Crippen LogP contribution is 2.19. The van der Waals surface area contributed by atoms with Crippen LogP contribution < -0.4 is 10.6 Å². The predicted molar refractivity (Wildman–Crippen MR) is 67.1 cm³/mol. The number of nitrogens with zero attached hydrogens (tertiary/aromatic N) is 2. The van der Waals surface area contributed by atoms with E-state index in [1.807, 2.05) is 32.0 Å². The Morgan fingerprint density at radius 3 is 2.82 bits per heavy atom. The summed E-state index contributed by atoms with van der Waals surface area (Å²) in [5.41, 5.74) is 0.915. The molecule has 0 aliphatic rings. The number of rotatable bonds is 4. The quantitative estimate of drug-likeness (QED) is 0.848. The van der Waals surface area contributed by atoms with E-state index < -0.39 is 0 Å². The van der Waals surface area contributed by atoms with E-state index >= 15 is 0 Å². The van der Waals surface area contributed by atoms with Gasteiger partial charge in [-0.05, 0) is 26.0 Å². The van der Waals surface area contributed by atoms with Crippen molar-refractivity contribution < 1.29 is 4.42 Å². The van der Waals surface area contributed by atoms with Gasteiger partial charge in [-0.3, -0.25) is 0 Å². The van der Waals surface area contributed by atoms with E-state index in [1.165, 1.54) is 0 Å². The first-order valence-electron chi connectivity index (χ1n) is 5.52. The maximum absolute atomic E-state index is 5.33. The lowest BCUT2D eigenvalue weighted by atomic mass is 10.2. The van der Waals surface area contributed by atoms with Crippen molar-refractivity contribution >= 4 is 11.8 Å². The van der Waals surface area contributed by atoms with Crippen LogP contribution in [0.25, 0.3) is 0 Å². The standard InChI is InChI=1S/C12H16N4O/c1-8-7-11(16-12(13-3)14-8)15-9(2)10-5-4-6-17-10/h4-7,9H,1-3H3,(H2,13,14,15,16). The van der Waals surface area contributed by atoms with Crippen LogP contribution in [-0.2, 0) is 0 Å². The summed E-state index contributed by atoms with van der Waals surface area (Å²) in [6, 6.07) is 5.78. The van der Waals surface area contributed by atoms with Crippen LogP contribution in [0.5, 0.6) is 0 Å². The highest BCUT2D eigenvalue weighted by molar-refractivity contribution is 5.43. The first kappa shape index (κ1) is 11.4. The molecule has 2 N–H and O–H groups in total. The van der Waals surface area contributed by atoms with Gasteiger partial charge in [0.25, 0.3) is 0 Å². The van der Waals surface area contributed by atoms with E-state index in [-0.39, 0.29) is 6.04 Å². The van der Waals surface area contributed by atoms with Gasteiger partial charge in [-0.15, -0.1) is 0 Å². The van der Waals surface area contributed by atoms with E-state index in [4.69, 9.17) is 4.42 Å². The van der Waals surface area contributed by atoms with E-state index in [0.29, 0.717) is 5.95 Å². The molecule has 0 aromatic carbocycles. The fourth-order valence-corrected chi connectivity index (χ4v) is 1.58. The molecule has 0 aliphatic heterocycles. The van der Waals surface area contributed by atoms with Crippen LogP contribution in [0.15, 0.2) is 28.9 Å². The first-order chi connectivity index (χ1) is 8.19. The van der Waals surface area contributed by atoms with Crippen molar-refractivity contribution in [3.05, 3.63) is 35.9 Å². The molecule has 0 fully saturated rings. The largest absolute Gasteiger partial charge is 0.467 e. The lowest BCUT2D eigenvalue weighted by Gasteiger charge is -2.13. The lowest BCUT2D eigenvalue weighted by Crippen LogP contribution is -2.09. The average molecular weight is 232 g/mol. The minimum Gasteiger partial charge on any atom is -0.467 e. The summed E-state index contributed by atoms with van der Waals surface area (Å²) in [6.07, 6.45) is 1.66. The SMILES string of the molecule is CNc1nc(C)cc(NC(C)c2ccco2)n1. The Kier molecular flexibility index (Phi) is 3.27. The highest BCUT2D eigenvalue weighted by Gasteiger charge is 2.09. The summed E-state index contributed by atoms with van der Waals surface area (Å²) < 4.78 is 5.33. The molecule has 1 atom stereocenters. The van der Waals surface area contributed by atoms with Crippen LogP contribution in [0.4, 0.5) is 11.8 Å². The van der Waals surface area contributed by atoms with Crippen LogP contribution in [-0.4, -0.2) is 17.0 Å². The van der Waals surface area contributed by atoms with Crippen LogP contribution in [0.2, 0.25) is 0 Å². The van der Waals surface area contributed by atoms with E-state index in [1.54, 1.807) is 13.3 Å². The third-order valence-electron chi connectivity index (χ3n) is 2.41. The van der Waals surface area contributed by atoms with E-state index in [9.17, 15) is 0 Å². The zero-order valence-electron chi connectivity index (χ0n) is 10.2. The van der Waals surface area contributed by atoms with Gasteiger partial charge < -0.3 is 15.1 Å². The Morgan fingerprint density at radius 2 is 2.18 bits per heavy atom. The Bertz CT molecular complexity index is 481. The zero-order chi connectivity index (χ0) is 12.3. The topological polar surface area (TPSA) is 63.0 Å². The van der Waals surface area contributed by atoms with Gasteiger partial charge in [0.05, 0.1) is 12.3 Å². The molecule has 0 spiro atoms. The molecule has 0 radical (unpaired) electrons. The van der Waals surface area contributed by atoms with Crippen molar-refractivity contribution in [2.75, 3.05) is 17.7 Å². The van der Waals surface area contributed by atoms with Crippen molar-refractivity contribution in [1.82, 2.24) is 9.97 Å². The third-order valence-corrected chi connectivity index (χ3v) is 2.41. The fraction of sp³-hybridized carbons (Fsp3) is 0.333. The van der Waals surface area contributed by atoms with Crippen LogP contribution in [0, 0.1) is 6.92 Å². The summed E-state index contributed by atoms with van der Waals surface area (Å²) in [6.45, 7) is 3.96. The van der Waals surface area contributed by atoms with Gasteiger partial charge in [0.1, 0.15) is 11.6 Å². The van der Waals surface area contributed by atoms with E-state index in [0.717, 1.165) is 17.3 Å². The number of nitrogens with one attached hydrogen (secondary N) is 2. The van der Waals surface area contributed by atoms with Crippen molar-refractivity contribution in [1.29, 1.82) is 0 Å². The number of hydrogen-bond donors (Lipinski definition) is 2. The zero-order valence-corrected chi connectivity index (χ0v) is 10.2. The van der Waals surface area contributed by atoms with Crippen LogP contribution >= 0.6 is 0 Å². The third kappa shape index (κ3) is 2.75. The smallest absolute Gasteiger partial charge is 0.224 e. The summed E-state index contributed by atoms with van der Waals surface area (Å²) >= 11 is 0. The Balaban J connectivity index is 2.15. The number of hydrogen-bond acceptors (Lipinski definition) is 5. The molecule has 0 saturated heterocycles. The molecule has 0 amide bonds.